The molecule has 0 bridgehead atoms. The first-order chi connectivity index (χ1) is 9.26. The minimum absolute atomic E-state index is 0.0354. The Morgan fingerprint density at radius 2 is 1.95 bits per heavy atom. The number of halogens is 1. The molecule has 0 fully saturated rings. The molecule has 0 saturated carbocycles. The number of aliphatic carboxylic acids is 1. The Balaban J connectivity index is 3.08. The highest BCUT2D eigenvalue weighted by Crippen LogP contribution is 2.26. The van der Waals surface area contributed by atoms with E-state index in [9.17, 15) is 14.0 Å². The molecule has 7 heteroatoms. The highest BCUT2D eigenvalue weighted by molar-refractivity contribution is 6.11. The Bertz CT molecular complexity index is 546. The number of hydrogen-bond acceptors (Lipinski definition) is 4. The van der Waals surface area contributed by atoms with Gasteiger partial charge in [-0.1, -0.05) is 0 Å². The maximum Gasteiger partial charge on any atom is 0.345 e. The van der Waals surface area contributed by atoms with Gasteiger partial charge in [0.25, 0.3) is 5.91 Å². The van der Waals surface area contributed by atoms with Gasteiger partial charge in [0.15, 0.2) is 11.6 Å². The molecule has 1 unspecified atom stereocenters. The number of benzene rings is 1. The average Bonchev–Trinajstić information content (AvgIpc) is 2.40. The average molecular weight is 285 g/mol. The first-order valence-electron chi connectivity index (χ1n) is 5.70. The predicted molar refractivity (Wildman–Crippen MR) is 69.4 cm³/mol. The molecule has 0 saturated heterocycles. The van der Waals surface area contributed by atoms with E-state index in [1.807, 2.05) is 0 Å². The minimum Gasteiger partial charge on any atom is -0.494 e. The molecule has 0 aliphatic heterocycles. The summed E-state index contributed by atoms with van der Waals surface area (Å²) in [6, 6.07) is 2.46. The van der Waals surface area contributed by atoms with Crippen LogP contribution in [0.2, 0.25) is 0 Å². The SMILES string of the molecule is COc1cc(C)c(NC(=O)C(C)(OC)C(=O)O)cc1F. The van der Waals surface area contributed by atoms with Crippen molar-refractivity contribution in [3.63, 3.8) is 0 Å². The van der Waals surface area contributed by atoms with Crippen LogP contribution in [0.3, 0.4) is 0 Å². The van der Waals surface area contributed by atoms with Gasteiger partial charge in [-0.2, -0.15) is 0 Å². The molecule has 1 amide bonds. The van der Waals surface area contributed by atoms with Gasteiger partial charge in [0.2, 0.25) is 5.60 Å². The Morgan fingerprint density at radius 3 is 2.40 bits per heavy atom. The molecular weight excluding hydrogens is 269 g/mol. The Kier molecular flexibility index (Phi) is 4.67. The molecule has 6 nitrogen and oxygen atoms in total. The van der Waals surface area contributed by atoms with E-state index in [-0.39, 0.29) is 11.4 Å². The van der Waals surface area contributed by atoms with Gasteiger partial charge >= 0.3 is 5.97 Å². The third kappa shape index (κ3) is 2.88. The van der Waals surface area contributed by atoms with Crippen LogP contribution in [0.4, 0.5) is 10.1 Å². The highest BCUT2D eigenvalue weighted by Gasteiger charge is 2.42. The van der Waals surface area contributed by atoms with Crippen molar-refractivity contribution in [2.75, 3.05) is 19.5 Å². The van der Waals surface area contributed by atoms with Crippen LogP contribution in [0.15, 0.2) is 12.1 Å². The molecule has 0 aliphatic carbocycles. The van der Waals surface area contributed by atoms with Crippen molar-refractivity contribution >= 4 is 17.6 Å². The number of methoxy groups -OCH3 is 2. The number of carbonyl (C=O) groups excluding carboxylic acids is 1. The van der Waals surface area contributed by atoms with Gasteiger partial charge in [-0.15, -0.1) is 0 Å². The Labute approximate surface area is 115 Å². The molecule has 0 spiro atoms. The summed E-state index contributed by atoms with van der Waals surface area (Å²) in [6.07, 6.45) is 0. The highest BCUT2D eigenvalue weighted by atomic mass is 19.1. The summed E-state index contributed by atoms with van der Waals surface area (Å²) < 4.78 is 23.1. The number of nitrogens with one attached hydrogen (secondary N) is 1. The van der Waals surface area contributed by atoms with Crippen molar-refractivity contribution in [2.24, 2.45) is 0 Å². The molecule has 0 radical (unpaired) electrons. The first kappa shape index (κ1) is 15.9. The summed E-state index contributed by atoms with van der Waals surface area (Å²) in [5.74, 6) is -2.97. The molecular formula is C13H16FNO5. The molecule has 110 valence electrons. The number of ether oxygens (including phenoxy) is 2. The second-order valence-corrected chi connectivity index (χ2v) is 4.30. The number of anilines is 1. The third-order valence-electron chi connectivity index (χ3n) is 3.00. The Hall–Kier alpha value is -2.15. The number of rotatable bonds is 5. The molecule has 0 heterocycles. The maximum absolute atomic E-state index is 13.6. The Morgan fingerprint density at radius 1 is 1.35 bits per heavy atom. The second kappa shape index (κ2) is 5.87. The normalized spacial score (nSPS) is 13.4. The number of carbonyl (C=O) groups is 2. The monoisotopic (exact) mass is 285 g/mol. The summed E-state index contributed by atoms with van der Waals surface area (Å²) in [5, 5.41) is 11.3. The maximum atomic E-state index is 13.6. The standard InChI is InChI=1S/C13H16FNO5/c1-7-5-10(19-3)8(14)6-9(7)15-11(16)13(2,20-4)12(17)18/h5-6H,1-4H3,(H,15,16)(H,17,18). The lowest BCUT2D eigenvalue weighted by atomic mass is 10.1. The summed E-state index contributed by atoms with van der Waals surface area (Å²) in [6.45, 7) is 2.74. The summed E-state index contributed by atoms with van der Waals surface area (Å²) in [7, 11) is 2.43. The van der Waals surface area contributed by atoms with Crippen molar-refractivity contribution in [3.05, 3.63) is 23.5 Å². The summed E-state index contributed by atoms with van der Waals surface area (Å²) >= 11 is 0. The fourth-order valence-corrected chi connectivity index (χ4v) is 1.46. The lowest BCUT2D eigenvalue weighted by Crippen LogP contribution is -2.48. The van der Waals surface area contributed by atoms with Gasteiger partial charge in [-0.05, 0) is 25.5 Å². The van der Waals surface area contributed by atoms with E-state index in [0.29, 0.717) is 5.56 Å². The molecule has 1 rings (SSSR count). The van der Waals surface area contributed by atoms with Crippen molar-refractivity contribution in [1.29, 1.82) is 0 Å². The van der Waals surface area contributed by atoms with Crippen LogP contribution in [0, 0.1) is 12.7 Å². The fourth-order valence-electron chi connectivity index (χ4n) is 1.46. The second-order valence-electron chi connectivity index (χ2n) is 4.30. The molecule has 0 aliphatic rings. The summed E-state index contributed by atoms with van der Waals surface area (Å²) in [4.78, 5) is 23.0. The van der Waals surface area contributed by atoms with Crippen LogP contribution >= 0.6 is 0 Å². The lowest BCUT2D eigenvalue weighted by Gasteiger charge is -2.22. The largest absolute Gasteiger partial charge is 0.494 e. The van der Waals surface area contributed by atoms with Gasteiger partial charge in [0.1, 0.15) is 0 Å². The van der Waals surface area contributed by atoms with E-state index >= 15 is 0 Å². The first-order valence-corrected chi connectivity index (χ1v) is 5.70. The number of carboxylic acid groups (broad SMARTS) is 1. The molecule has 1 atom stereocenters. The van der Waals surface area contributed by atoms with Crippen molar-refractivity contribution < 1.29 is 28.6 Å². The molecule has 2 N–H and O–H groups in total. The third-order valence-corrected chi connectivity index (χ3v) is 3.00. The van der Waals surface area contributed by atoms with E-state index in [4.69, 9.17) is 14.6 Å². The molecule has 1 aromatic rings. The minimum atomic E-state index is -2.05. The van der Waals surface area contributed by atoms with Crippen LogP contribution in [0.1, 0.15) is 12.5 Å². The molecule has 20 heavy (non-hydrogen) atoms. The van der Waals surface area contributed by atoms with Crippen LogP contribution in [0.25, 0.3) is 0 Å². The molecule has 1 aromatic carbocycles. The van der Waals surface area contributed by atoms with E-state index in [1.54, 1.807) is 6.92 Å². The fraction of sp³-hybridized carbons (Fsp3) is 0.385. The lowest BCUT2D eigenvalue weighted by molar-refractivity contribution is -0.165. The van der Waals surface area contributed by atoms with Gasteiger partial charge in [0.05, 0.1) is 7.11 Å². The van der Waals surface area contributed by atoms with E-state index in [2.05, 4.69) is 5.32 Å². The number of carboxylic acids is 1. The van der Waals surface area contributed by atoms with E-state index in [0.717, 1.165) is 20.1 Å². The van der Waals surface area contributed by atoms with Gasteiger partial charge in [-0.3, -0.25) is 4.79 Å². The smallest absolute Gasteiger partial charge is 0.345 e. The summed E-state index contributed by atoms with van der Waals surface area (Å²) in [5.41, 5.74) is -1.37. The molecule has 0 aromatic heterocycles. The van der Waals surface area contributed by atoms with E-state index in [1.165, 1.54) is 13.2 Å². The van der Waals surface area contributed by atoms with Crippen LogP contribution in [-0.4, -0.2) is 36.8 Å². The van der Waals surface area contributed by atoms with E-state index < -0.39 is 23.3 Å². The number of amides is 1. The van der Waals surface area contributed by atoms with Gasteiger partial charge in [0, 0.05) is 18.9 Å². The predicted octanol–water partition coefficient (Wildman–Crippen LogP) is 1.57. The van der Waals surface area contributed by atoms with Gasteiger partial charge < -0.3 is 19.9 Å². The van der Waals surface area contributed by atoms with Crippen LogP contribution in [0.5, 0.6) is 5.75 Å². The number of hydrogen-bond donors (Lipinski definition) is 2. The van der Waals surface area contributed by atoms with Crippen molar-refractivity contribution in [1.82, 2.24) is 0 Å². The van der Waals surface area contributed by atoms with Gasteiger partial charge in [-0.25, -0.2) is 9.18 Å². The quantitative estimate of drug-likeness (QED) is 0.802. The number of aryl methyl sites for hydroxylation is 1. The topological polar surface area (TPSA) is 84.9 Å². The zero-order valence-electron chi connectivity index (χ0n) is 11.6. The zero-order valence-corrected chi connectivity index (χ0v) is 11.6. The van der Waals surface area contributed by atoms with Crippen molar-refractivity contribution in [2.45, 2.75) is 19.4 Å². The van der Waals surface area contributed by atoms with Crippen LogP contribution < -0.4 is 10.1 Å². The van der Waals surface area contributed by atoms with Crippen molar-refractivity contribution in [3.8, 4) is 5.75 Å². The van der Waals surface area contributed by atoms with Crippen LogP contribution in [-0.2, 0) is 14.3 Å². The zero-order chi connectivity index (χ0) is 15.5.